The number of hydrogen-bond donors (Lipinski definition) is 1. The summed E-state index contributed by atoms with van der Waals surface area (Å²) in [5, 5.41) is 2.83. The summed E-state index contributed by atoms with van der Waals surface area (Å²) in [6.07, 6.45) is 0. The van der Waals surface area contributed by atoms with Crippen molar-refractivity contribution in [3.8, 4) is 11.5 Å². The average Bonchev–Trinajstić information content (AvgIpc) is 2.72. The van der Waals surface area contributed by atoms with Gasteiger partial charge in [0.2, 0.25) is 10.0 Å². The lowest BCUT2D eigenvalue weighted by molar-refractivity contribution is 0.0949. The van der Waals surface area contributed by atoms with E-state index in [2.05, 4.69) is 5.32 Å². The quantitative estimate of drug-likeness (QED) is 0.766. The van der Waals surface area contributed by atoms with Gasteiger partial charge in [-0.05, 0) is 35.9 Å². The Kier molecular flexibility index (Phi) is 6.21. The molecule has 1 N–H and O–H groups in total. The molecule has 8 heteroatoms. The predicted molar refractivity (Wildman–Crippen MR) is 105 cm³/mol. The highest BCUT2D eigenvalue weighted by molar-refractivity contribution is 7.89. The third-order valence-corrected chi connectivity index (χ3v) is 6.59. The maximum atomic E-state index is 12.5. The molecule has 0 atom stereocenters. The van der Waals surface area contributed by atoms with Crippen LogP contribution >= 0.6 is 0 Å². The number of rotatable bonds is 7. The number of amides is 1. The lowest BCUT2D eigenvalue weighted by Crippen LogP contribution is -2.30. The van der Waals surface area contributed by atoms with Gasteiger partial charge in [-0.2, -0.15) is 4.31 Å². The molecule has 150 valence electrons. The van der Waals surface area contributed by atoms with Crippen LogP contribution in [0.2, 0.25) is 0 Å². The summed E-state index contributed by atoms with van der Waals surface area (Å²) in [4.78, 5) is 12.6. The molecule has 0 unspecified atom stereocenters. The van der Waals surface area contributed by atoms with Crippen LogP contribution in [0, 0.1) is 0 Å². The second kappa shape index (κ2) is 8.62. The van der Waals surface area contributed by atoms with Crippen molar-refractivity contribution in [2.24, 2.45) is 0 Å². The van der Waals surface area contributed by atoms with Gasteiger partial charge in [0, 0.05) is 25.2 Å². The maximum absolute atomic E-state index is 12.5. The molecule has 0 spiro atoms. The fourth-order valence-electron chi connectivity index (χ4n) is 2.96. The first-order valence-electron chi connectivity index (χ1n) is 9.22. The minimum Gasteiger partial charge on any atom is -0.486 e. The molecule has 1 amide bonds. The van der Waals surface area contributed by atoms with Gasteiger partial charge in [-0.3, -0.25) is 4.79 Å². The largest absolute Gasteiger partial charge is 0.486 e. The number of hydrogen-bond acceptors (Lipinski definition) is 5. The molecule has 0 saturated heterocycles. The van der Waals surface area contributed by atoms with Crippen molar-refractivity contribution in [2.75, 3.05) is 26.3 Å². The number of sulfonamides is 1. The highest BCUT2D eigenvalue weighted by Gasteiger charge is 2.21. The summed E-state index contributed by atoms with van der Waals surface area (Å²) in [5.74, 6) is 0.953. The second-order valence-corrected chi connectivity index (χ2v) is 8.21. The molecule has 2 aromatic rings. The van der Waals surface area contributed by atoms with Crippen LogP contribution in [-0.4, -0.2) is 44.9 Å². The maximum Gasteiger partial charge on any atom is 0.251 e. The Balaban J connectivity index is 1.64. The summed E-state index contributed by atoms with van der Waals surface area (Å²) >= 11 is 0. The Bertz CT molecular complexity index is 938. The molecule has 1 aliphatic heterocycles. The van der Waals surface area contributed by atoms with Gasteiger partial charge in [-0.15, -0.1) is 0 Å². The molecule has 0 bridgehead atoms. The van der Waals surface area contributed by atoms with Gasteiger partial charge in [0.15, 0.2) is 11.5 Å². The van der Waals surface area contributed by atoms with E-state index >= 15 is 0 Å². The third kappa shape index (κ3) is 4.28. The number of fused-ring (bicyclic) bond motifs is 1. The predicted octanol–water partition coefficient (Wildman–Crippen LogP) is 2.42. The van der Waals surface area contributed by atoms with Gasteiger partial charge in [-0.1, -0.05) is 26.0 Å². The van der Waals surface area contributed by atoms with Crippen molar-refractivity contribution in [1.82, 2.24) is 9.62 Å². The lowest BCUT2D eigenvalue weighted by atomic mass is 10.1. The van der Waals surface area contributed by atoms with Crippen LogP contribution in [-0.2, 0) is 16.6 Å². The van der Waals surface area contributed by atoms with Crippen LogP contribution in [0.3, 0.4) is 0 Å². The summed E-state index contributed by atoms with van der Waals surface area (Å²) in [7, 11) is -3.48. The smallest absolute Gasteiger partial charge is 0.251 e. The molecule has 28 heavy (non-hydrogen) atoms. The zero-order valence-electron chi connectivity index (χ0n) is 16.0. The van der Waals surface area contributed by atoms with E-state index in [-0.39, 0.29) is 10.8 Å². The fourth-order valence-corrected chi connectivity index (χ4v) is 4.42. The van der Waals surface area contributed by atoms with Gasteiger partial charge < -0.3 is 14.8 Å². The number of carbonyl (C=O) groups excluding carboxylic acids is 1. The van der Waals surface area contributed by atoms with Crippen molar-refractivity contribution < 1.29 is 22.7 Å². The van der Waals surface area contributed by atoms with Gasteiger partial charge in [0.1, 0.15) is 13.2 Å². The van der Waals surface area contributed by atoms with Crippen LogP contribution in [0.25, 0.3) is 0 Å². The molecule has 1 aliphatic rings. The standard InChI is InChI=1S/C20H24N2O5S/c1-3-22(4-2)28(24,25)17-8-5-15(6-9-17)14-21-20(23)16-7-10-18-19(13-16)27-12-11-26-18/h5-10,13H,3-4,11-12,14H2,1-2H3,(H,21,23). The van der Waals surface area contributed by atoms with E-state index in [1.165, 1.54) is 4.31 Å². The highest BCUT2D eigenvalue weighted by atomic mass is 32.2. The molecular formula is C20H24N2O5S. The van der Waals surface area contributed by atoms with Gasteiger partial charge in [0.05, 0.1) is 4.90 Å². The Labute approximate surface area is 165 Å². The van der Waals surface area contributed by atoms with E-state index in [1.807, 2.05) is 13.8 Å². The van der Waals surface area contributed by atoms with E-state index in [0.717, 1.165) is 5.56 Å². The van der Waals surface area contributed by atoms with Crippen molar-refractivity contribution in [3.63, 3.8) is 0 Å². The van der Waals surface area contributed by atoms with E-state index in [4.69, 9.17) is 9.47 Å². The molecular weight excluding hydrogens is 380 g/mol. The van der Waals surface area contributed by atoms with Crippen LogP contribution in [0.15, 0.2) is 47.4 Å². The Morgan fingerprint density at radius 2 is 1.64 bits per heavy atom. The Hall–Kier alpha value is -2.58. The fraction of sp³-hybridized carbons (Fsp3) is 0.350. The molecule has 2 aromatic carbocycles. The highest BCUT2D eigenvalue weighted by Crippen LogP contribution is 2.30. The van der Waals surface area contributed by atoms with Gasteiger partial charge in [0.25, 0.3) is 5.91 Å². The van der Waals surface area contributed by atoms with Crippen molar-refractivity contribution in [3.05, 3.63) is 53.6 Å². The van der Waals surface area contributed by atoms with Crippen molar-refractivity contribution >= 4 is 15.9 Å². The van der Waals surface area contributed by atoms with Crippen molar-refractivity contribution in [2.45, 2.75) is 25.3 Å². The normalized spacial score (nSPS) is 13.4. The summed E-state index contributed by atoms with van der Waals surface area (Å²) in [5.41, 5.74) is 1.29. The number of nitrogens with one attached hydrogen (secondary N) is 1. The number of nitrogens with zero attached hydrogens (tertiary/aromatic N) is 1. The number of ether oxygens (including phenoxy) is 2. The Morgan fingerprint density at radius 1 is 1.00 bits per heavy atom. The van der Waals surface area contributed by atoms with E-state index < -0.39 is 10.0 Å². The molecule has 0 aromatic heterocycles. The van der Waals surface area contributed by atoms with E-state index in [1.54, 1.807) is 42.5 Å². The molecule has 0 saturated carbocycles. The Morgan fingerprint density at radius 3 is 2.29 bits per heavy atom. The average molecular weight is 404 g/mol. The molecule has 0 fully saturated rings. The SMILES string of the molecule is CCN(CC)S(=O)(=O)c1ccc(CNC(=O)c2ccc3c(c2)OCCO3)cc1. The summed E-state index contributed by atoms with van der Waals surface area (Å²) < 4.78 is 37.4. The van der Waals surface area contributed by atoms with Crippen LogP contribution in [0.1, 0.15) is 29.8 Å². The minimum atomic E-state index is -3.48. The monoisotopic (exact) mass is 404 g/mol. The molecule has 0 radical (unpaired) electrons. The third-order valence-electron chi connectivity index (χ3n) is 4.52. The second-order valence-electron chi connectivity index (χ2n) is 6.27. The minimum absolute atomic E-state index is 0.239. The summed E-state index contributed by atoms with van der Waals surface area (Å²) in [6.45, 7) is 5.71. The number of benzene rings is 2. The van der Waals surface area contributed by atoms with E-state index in [0.29, 0.717) is 49.9 Å². The van der Waals surface area contributed by atoms with Gasteiger partial charge >= 0.3 is 0 Å². The first-order chi connectivity index (χ1) is 13.5. The zero-order valence-corrected chi connectivity index (χ0v) is 16.8. The number of carbonyl (C=O) groups is 1. The molecule has 3 rings (SSSR count). The molecule has 1 heterocycles. The van der Waals surface area contributed by atoms with Crippen LogP contribution in [0.5, 0.6) is 11.5 Å². The summed E-state index contributed by atoms with van der Waals surface area (Å²) in [6, 6.07) is 11.6. The topological polar surface area (TPSA) is 84.9 Å². The first-order valence-corrected chi connectivity index (χ1v) is 10.7. The van der Waals surface area contributed by atoms with Crippen LogP contribution in [0.4, 0.5) is 0 Å². The first kappa shape index (κ1) is 20.2. The van der Waals surface area contributed by atoms with Gasteiger partial charge in [-0.25, -0.2) is 8.42 Å². The van der Waals surface area contributed by atoms with Crippen molar-refractivity contribution in [1.29, 1.82) is 0 Å². The molecule has 0 aliphatic carbocycles. The molecule has 7 nitrogen and oxygen atoms in total. The van der Waals surface area contributed by atoms with Crippen LogP contribution < -0.4 is 14.8 Å². The van der Waals surface area contributed by atoms with E-state index in [9.17, 15) is 13.2 Å². The zero-order chi connectivity index (χ0) is 20.1. The lowest BCUT2D eigenvalue weighted by Gasteiger charge is -2.19.